The molecule has 0 saturated carbocycles. The Morgan fingerprint density at radius 2 is 1.78 bits per heavy atom. The van der Waals surface area contributed by atoms with Crippen molar-refractivity contribution in [1.29, 1.82) is 0 Å². The van der Waals surface area contributed by atoms with Gasteiger partial charge in [0.15, 0.2) is 0 Å². The first-order valence-electron chi connectivity index (χ1n) is 5.05. The van der Waals surface area contributed by atoms with Gasteiger partial charge >= 0.3 is 6.18 Å². The van der Waals surface area contributed by atoms with Crippen LogP contribution in [0.15, 0.2) is 36.2 Å². The lowest BCUT2D eigenvalue weighted by atomic mass is 10.1. The maximum absolute atomic E-state index is 13.1. The highest BCUT2D eigenvalue weighted by atomic mass is 19.4. The largest absolute Gasteiger partial charge is 0.419 e. The zero-order valence-corrected chi connectivity index (χ0v) is 8.98. The predicted molar refractivity (Wildman–Crippen MR) is 56.6 cm³/mol. The molecule has 0 fully saturated rings. The van der Waals surface area contributed by atoms with Crippen molar-refractivity contribution in [2.24, 2.45) is 0 Å². The van der Waals surface area contributed by atoms with Crippen LogP contribution >= 0.6 is 0 Å². The Kier molecular flexibility index (Phi) is 3.11. The molecule has 2 rings (SSSR count). The number of rotatable bonds is 1. The van der Waals surface area contributed by atoms with Crippen LogP contribution in [0, 0.1) is 5.82 Å². The van der Waals surface area contributed by atoms with Gasteiger partial charge in [-0.3, -0.25) is 0 Å². The third kappa shape index (κ3) is 2.52. The molecule has 1 heterocycles. The summed E-state index contributed by atoms with van der Waals surface area (Å²) < 4.78 is 63.3. The molecule has 0 spiro atoms. The van der Waals surface area contributed by atoms with E-state index in [0.717, 1.165) is 12.1 Å². The van der Waals surface area contributed by atoms with E-state index in [9.17, 15) is 22.0 Å². The average molecular weight is 261 g/mol. The van der Waals surface area contributed by atoms with E-state index in [1.807, 2.05) is 0 Å². The Bertz CT molecular complexity index is 528. The minimum atomic E-state index is -4.75. The fourth-order valence-electron chi connectivity index (χ4n) is 1.58. The van der Waals surface area contributed by atoms with Gasteiger partial charge in [0.05, 0.1) is 12.1 Å². The molecule has 0 unspecified atom stereocenters. The maximum atomic E-state index is 13.1. The molecule has 96 valence electrons. The number of allylic oxidation sites excluding steroid dienone is 2. The van der Waals surface area contributed by atoms with Gasteiger partial charge in [-0.1, -0.05) is 0 Å². The van der Waals surface area contributed by atoms with Gasteiger partial charge in [0.1, 0.15) is 11.6 Å². The first-order valence-corrected chi connectivity index (χ1v) is 5.05. The van der Waals surface area contributed by atoms with E-state index in [0.29, 0.717) is 11.8 Å². The number of nitrogens with one attached hydrogen (secondary N) is 1. The van der Waals surface area contributed by atoms with Crippen molar-refractivity contribution in [3.05, 3.63) is 53.1 Å². The summed E-state index contributed by atoms with van der Waals surface area (Å²) in [7, 11) is 0. The molecule has 1 nitrogen and oxygen atoms in total. The van der Waals surface area contributed by atoms with Crippen LogP contribution < -0.4 is 5.32 Å². The van der Waals surface area contributed by atoms with E-state index in [1.165, 1.54) is 12.1 Å². The number of hydrogen-bond donors (Lipinski definition) is 1. The highest BCUT2D eigenvalue weighted by molar-refractivity contribution is 5.67. The first-order chi connectivity index (χ1) is 8.38. The molecule has 6 heteroatoms. The van der Waals surface area contributed by atoms with Crippen LogP contribution in [0.25, 0.3) is 5.70 Å². The van der Waals surface area contributed by atoms with Crippen LogP contribution in [0.1, 0.15) is 11.1 Å². The van der Waals surface area contributed by atoms with Crippen molar-refractivity contribution in [3.63, 3.8) is 0 Å². The lowest BCUT2D eigenvalue weighted by Crippen LogP contribution is -2.18. The predicted octanol–water partition coefficient (Wildman–Crippen LogP) is 3.64. The second-order valence-electron chi connectivity index (χ2n) is 3.74. The van der Waals surface area contributed by atoms with Gasteiger partial charge in [-0.25, -0.2) is 8.78 Å². The minimum absolute atomic E-state index is 0.0927. The van der Waals surface area contributed by atoms with Gasteiger partial charge < -0.3 is 5.32 Å². The molecule has 1 aromatic carbocycles. The first kappa shape index (κ1) is 12.6. The second kappa shape index (κ2) is 4.44. The number of alkyl halides is 3. The van der Waals surface area contributed by atoms with Crippen molar-refractivity contribution in [1.82, 2.24) is 5.32 Å². The fraction of sp³-hybridized carbons (Fsp3) is 0.167. The molecule has 0 saturated heterocycles. The summed E-state index contributed by atoms with van der Waals surface area (Å²) >= 11 is 0. The molecule has 0 atom stereocenters. The number of halogens is 5. The van der Waals surface area contributed by atoms with Crippen molar-refractivity contribution >= 4 is 5.70 Å². The quantitative estimate of drug-likeness (QED) is 0.761. The number of hydrogen-bond acceptors (Lipinski definition) is 1. The molecule has 0 amide bonds. The van der Waals surface area contributed by atoms with Gasteiger partial charge in [0, 0.05) is 5.70 Å². The van der Waals surface area contributed by atoms with Crippen molar-refractivity contribution in [2.45, 2.75) is 6.18 Å². The lowest BCUT2D eigenvalue weighted by Gasteiger charge is -2.15. The number of dihydropyridines is 1. The summed E-state index contributed by atoms with van der Waals surface area (Å²) in [6.45, 7) is -0.0927. The summed E-state index contributed by atoms with van der Waals surface area (Å²) in [6.07, 6.45) is -2.29. The second-order valence-corrected chi connectivity index (χ2v) is 3.74. The van der Waals surface area contributed by atoms with Gasteiger partial charge in [-0.05, 0) is 35.9 Å². The monoisotopic (exact) mass is 261 g/mol. The molecular formula is C12H8F5N. The Hall–Kier alpha value is -1.85. The SMILES string of the molecule is FC1=CC=C(c2ccc(F)c(C(F)(F)F)c2)NC1. The van der Waals surface area contributed by atoms with E-state index in [4.69, 9.17) is 0 Å². The van der Waals surface area contributed by atoms with E-state index in [2.05, 4.69) is 5.32 Å². The molecule has 1 aliphatic heterocycles. The van der Waals surface area contributed by atoms with E-state index in [-0.39, 0.29) is 12.1 Å². The van der Waals surface area contributed by atoms with Crippen LogP contribution in [-0.4, -0.2) is 6.54 Å². The number of benzene rings is 1. The molecule has 0 bridgehead atoms. The Morgan fingerprint density at radius 1 is 1.06 bits per heavy atom. The smallest absolute Gasteiger partial charge is 0.378 e. The van der Waals surface area contributed by atoms with Gasteiger partial charge in [-0.2, -0.15) is 13.2 Å². The van der Waals surface area contributed by atoms with E-state index >= 15 is 0 Å². The highest BCUT2D eigenvalue weighted by Gasteiger charge is 2.34. The summed E-state index contributed by atoms with van der Waals surface area (Å²) in [5.41, 5.74) is -0.855. The summed E-state index contributed by atoms with van der Waals surface area (Å²) in [5, 5.41) is 2.61. The molecule has 0 radical (unpaired) electrons. The molecule has 1 aromatic rings. The van der Waals surface area contributed by atoms with Gasteiger partial charge in [0.2, 0.25) is 0 Å². The molecule has 18 heavy (non-hydrogen) atoms. The van der Waals surface area contributed by atoms with Crippen LogP contribution in [0.5, 0.6) is 0 Å². The van der Waals surface area contributed by atoms with Gasteiger partial charge in [-0.15, -0.1) is 0 Å². The van der Waals surface area contributed by atoms with Crippen molar-refractivity contribution in [2.75, 3.05) is 6.54 Å². The zero-order chi connectivity index (χ0) is 13.3. The summed E-state index contributed by atoms with van der Waals surface area (Å²) in [5.74, 6) is -1.75. The molecule has 0 aliphatic carbocycles. The minimum Gasteiger partial charge on any atom is -0.378 e. The lowest BCUT2D eigenvalue weighted by molar-refractivity contribution is -0.140. The molecular weight excluding hydrogens is 253 g/mol. The zero-order valence-electron chi connectivity index (χ0n) is 8.98. The van der Waals surface area contributed by atoms with Crippen molar-refractivity contribution < 1.29 is 22.0 Å². The third-order valence-electron chi connectivity index (χ3n) is 2.46. The Morgan fingerprint density at radius 3 is 2.33 bits per heavy atom. The molecule has 1 N–H and O–H groups in total. The third-order valence-corrected chi connectivity index (χ3v) is 2.46. The topological polar surface area (TPSA) is 12.0 Å². The van der Waals surface area contributed by atoms with Crippen LogP contribution in [0.3, 0.4) is 0 Å². The highest BCUT2D eigenvalue weighted by Crippen LogP contribution is 2.33. The van der Waals surface area contributed by atoms with E-state index in [1.54, 1.807) is 0 Å². The average Bonchev–Trinajstić information content (AvgIpc) is 2.29. The maximum Gasteiger partial charge on any atom is 0.419 e. The summed E-state index contributed by atoms with van der Waals surface area (Å²) in [4.78, 5) is 0. The summed E-state index contributed by atoms with van der Waals surface area (Å²) in [6, 6.07) is 2.65. The molecule has 0 aromatic heterocycles. The van der Waals surface area contributed by atoms with Crippen LogP contribution in [0.2, 0.25) is 0 Å². The standard InChI is InChI=1S/C12H8F5N/c13-8-2-4-11(18-6-8)7-1-3-10(14)9(5-7)12(15,16)17/h1-5,18H,6H2. The van der Waals surface area contributed by atoms with E-state index < -0.39 is 23.4 Å². The Balaban J connectivity index is 2.42. The molecule has 1 aliphatic rings. The van der Waals surface area contributed by atoms with Crippen LogP contribution in [-0.2, 0) is 6.18 Å². The van der Waals surface area contributed by atoms with Crippen LogP contribution in [0.4, 0.5) is 22.0 Å². The van der Waals surface area contributed by atoms with Gasteiger partial charge in [0.25, 0.3) is 0 Å². The van der Waals surface area contributed by atoms with Crippen molar-refractivity contribution in [3.8, 4) is 0 Å². The fourth-order valence-corrected chi connectivity index (χ4v) is 1.58. The Labute approximate surface area is 99.6 Å². The normalized spacial score (nSPS) is 15.8.